The molecular formula is C37H36N4. The van der Waals surface area contributed by atoms with Gasteiger partial charge in [0.25, 0.3) is 0 Å². The van der Waals surface area contributed by atoms with Gasteiger partial charge in [-0.15, -0.1) is 0 Å². The van der Waals surface area contributed by atoms with E-state index in [0.717, 1.165) is 47.1 Å². The van der Waals surface area contributed by atoms with Gasteiger partial charge in [0.05, 0.1) is 17.1 Å². The molecule has 5 aromatic carbocycles. The number of amidine groups is 1. The molecule has 1 saturated heterocycles. The molecule has 41 heavy (non-hydrogen) atoms. The quantitative estimate of drug-likeness (QED) is 0.198. The van der Waals surface area contributed by atoms with Crippen molar-refractivity contribution in [1.82, 2.24) is 0 Å². The van der Waals surface area contributed by atoms with Crippen LogP contribution in [0.2, 0.25) is 0 Å². The molecule has 0 unspecified atom stereocenters. The molecule has 0 bridgehead atoms. The lowest BCUT2D eigenvalue weighted by Gasteiger charge is -2.62. The minimum absolute atomic E-state index is 0.653. The zero-order chi connectivity index (χ0) is 28.2. The Labute approximate surface area is 243 Å². The first-order valence-electron chi connectivity index (χ1n) is 14.4. The molecule has 4 heteroatoms. The Morgan fingerprint density at radius 1 is 0.585 bits per heavy atom. The predicted molar refractivity (Wildman–Crippen MR) is 173 cm³/mol. The third-order valence-corrected chi connectivity index (χ3v) is 7.92. The number of nitrogens with zero attached hydrogens (tertiary/aromatic N) is 4. The van der Waals surface area contributed by atoms with E-state index < -0.39 is 5.54 Å². The average molecular weight is 537 g/mol. The van der Waals surface area contributed by atoms with Gasteiger partial charge in [0.2, 0.25) is 0 Å². The Balaban J connectivity index is 1.64. The molecule has 0 N–H and O–H groups in total. The lowest BCUT2D eigenvalue weighted by molar-refractivity contribution is 0.535. The summed E-state index contributed by atoms with van der Waals surface area (Å²) < 4.78 is 0. The van der Waals surface area contributed by atoms with Crippen LogP contribution in [0.1, 0.15) is 30.5 Å². The third kappa shape index (κ3) is 4.66. The van der Waals surface area contributed by atoms with E-state index in [4.69, 9.17) is 4.99 Å². The highest BCUT2D eigenvalue weighted by atomic mass is 15.8. The summed E-state index contributed by atoms with van der Waals surface area (Å²) >= 11 is 0. The topological polar surface area (TPSA) is 22.1 Å². The zero-order valence-corrected chi connectivity index (χ0v) is 24.0. The number of para-hydroxylation sites is 1. The molecule has 0 radical (unpaired) electrons. The summed E-state index contributed by atoms with van der Waals surface area (Å²) in [5.41, 5.74) is 7.21. The van der Waals surface area contributed by atoms with E-state index in [2.05, 4.69) is 175 Å². The molecule has 0 atom stereocenters. The van der Waals surface area contributed by atoms with Crippen molar-refractivity contribution in [2.24, 2.45) is 4.99 Å². The zero-order valence-electron chi connectivity index (χ0n) is 24.0. The van der Waals surface area contributed by atoms with Gasteiger partial charge in [-0.3, -0.25) is 5.01 Å². The van der Waals surface area contributed by atoms with Crippen LogP contribution in [0.25, 0.3) is 0 Å². The van der Waals surface area contributed by atoms with Crippen LogP contribution in [0.15, 0.2) is 145 Å². The monoisotopic (exact) mass is 536 g/mol. The van der Waals surface area contributed by atoms with E-state index in [1.807, 2.05) is 0 Å². The Morgan fingerprint density at radius 2 is 1.10 bits per heavy atom. The van der Waals surface area contributed by atoms with Crippen LogP contribution in [0.3, 0.4) is 0 Å². The van der Waals surface area contributed by atoms with Gasteiger partial charge >= 0.3 is 0 Å². The van der Waals surface area contributed by atoms with Crippen molar-refractivity contribution in [2.75, 3.05) is 28.0 Å². The molecule has 0 aliphatic carbocycles. The summed E-state index contributed by atoms with van der Waals surface area (Å²) in [5, 5.41) is 4.68. The van der Waals surface area contributed by atoms with Gasteiger partial charge in [-0.1, -0.05) is 96.6 Å². The summed E-state index contributed by atoms with van der Waals surface area (Å²) in [4.78, 5) is 7.79. The summed E-state index contributed by atoms with van der Waals surface area (Å²) in [5.74, 6) is 0.956. The van der Waals surface area contributed by atoms with Crippen LogP contribution in [0, 0.1) is 6.92 Å². The van der Waals surface area contributed by atoms with Crippen LogP contribution in [0.4, 0.5) is 22.7 Å². The van der Waals surface area contributed by atoms with Crippen molar-refractivity contribution in [2.45, 2.75) is 26.3 Å². The highest BCUT2D eigenvalue weighted by Crippen LogP contribution is 2.52. The SMILES string of the molecule is CCN(CC)c1ccc(N2N(c3ccccc3)C(=Nc3ccc(C)cc3)C2(c2ccccc2)c2ccccc2)cc1. The van der Waals surface area contributed by atoms with Crippen LogP contribution < -0.4 is 14.9 Å². The normalized spacial score (nSPS) is 15.0. The van der Waals surface area contributed by atoms with Gasteiger partial charge in [-0.05, 0) is 80.4 Å². The standard InChI is InChI=1S/C37H36N4/c1-4-39(5-2)33-25-27-35(28-26-33)41-37(30-15-9-6-10-16-30,31-17-11-7-12-18-31)36(38-32-23-21-29(3)22-24-32)40(41)34-19-13-8-14-20-34/h6-28H,4-5H2,1-3H3. The van der Waals surface area contributed by atoms with Crippen molar-refractivity contribution in [3.05, 3.63) is 156 Å². The van der Waals surface area contributed by atoms with E-state index in [1.54, 1.807) is 0 Å². The number of aryl methyl sites for hydroxylation is 1. The van der Waals surface area contributed by atoms with Crippen LogP contribution in [-0.2, 0) is 5.54 Å². The molecule has 1 aliphatic rings. The second kappa shape index (κ2) is 11.3. The smallest absolute Gasteiger partial charge is 0.171 e. The first-order valence-corrected chi connectivity index (χ1v) is 14.4. The molecule has 4 nitrogen and oxygen atoms in total. The number of aliphatic imine (C=N–C) groups is 1. The fourth-order valence-corrected chi connectivity index (χ4v) is 5.86. The van der Waals surface area contributed by atoms with E-state index in [9.17, 15) is 0 Å². The van der Waals surface area contributed by atoms with Gasteiger partial charge in [-0.25, -0.2) is 10.0 Å². The van der Waals surface area contributed by atoms with Crippen LogP contribution in [-0.4, -0.2) is 18.9 Å². The maximum atomic E-state index is 5.41. The van der Waals surface area contributed by atoms with E-state index in [-0.39, 0.29) is 0 Å². The fraction of sp³-hybridized carbons (Fsp3) is 0.162. The first-order chi connectivity index (χ1) is 20.2. The Kier molecular flexibility index (Phi) is 7.30. The summed E-state index contributed by atoms with van der Waals surface area (Å²) in [6.45, 7) is 8.46. The fourth-order valence-electron chi connectivity index (χ4n) is 5.86. The van der Waals surface area contributed by atoms with Gasteiger partial charge in [0.15, 0.2) is 11.4 Å². The molecule has 0 spiro atoms. The summed E-state index contributed by atoms with van der Waals surface area (Å²) in [6, 6.07) is 49.5. The number of hydrazine groups is 1. The van der Waals surface area contributed by atoms with Crippen molar-refractivity contribution in [3.63, 3.8) is 0 Å². The number of anilines is 3. The molecule has 1 aliphatic heterocycles. The Bertz CT molecular complexity index is 1550. The second-order valence-electron chi connectivity index (χ2n) is 10.4. The van der Waals surface area contributed by atoms with E-state index >= 15 is 0 Å². The number of rotatable bonds is 8. The van der Waals surface area contributed by atoms with Crippen molar-refractivity contribution >= 4 is 28.6 Å². The molecule has 0 aromatic heterocycles. The minimum Gasteiger partial charge on any atom is -0.372 e. The second-order valence-corrected chi connectivity index (χ2v) is 10.4. The molecule has 5 aromatic rings. The molecule has 6 rings (SSSR count). The van der Waals surface area contributed by atoms with Crippen molar-refractivity contribution < 1.29 is 0 Å². The van der Waals surface area contributed by atoms with E-state index in [0.29, 0.717) is 0 Å². The molecule has 1 heterocycles. The van der Waals surface area contributed by atoms with Crippen LogP contribution >= 0.6 is 0 Å². The predicted octanol–water partition coefficient (Wildman–Crippen LogP) is 8.76. The van der Waals surface area contributed by atoms with Crippen molar-refractivity contribution in [3.8, 4) is 0 Å². The maximum absolute atomic E-state index is 5.41. The highest BCUT2D eigenvalue weighted by molar-refractivity contribution is 6.19. The number of hydrogen-bond donors (Lipinski definition) is 0. The van der Waals surface area contributed by atoms with Crippen molar-refractivity contribution in [1.29, 1.82) is 0 Å². The Hall–Kier alpha value is -4.83. The summed E-state index contributed by atoms with van der Waals surface area (Å²) in [6.07, 6.45) is 0. The lowest BCUT2D eigenvalue weighted by atomic mass is 9.76. The maximum Gasteiger partial charge on any atom is 0.171 e. The van der Waals surface area contributed by atoms with Gasteiger partial charge in [0.1, 0.15) is 0 Å². The molecule has 1 fully saturated rings. The first kappa shape index (κ1) is 26.4. The average Bonchev–Trinajstić information content (AvgIpc) is 3.03. The Morgan fingerprint density at radius 3 is 1.61 bits per heavy atom. The highest BCUT2D eigenvalue weighted by Gasteiger charge is 2.60. The number of hydrogen-bond acceptors (Lipinski definition) is 3. The number of benzene rings is 5. The molecule has 0 amide bonds. The minimum atomic E-state index is -0.653. The molecule has 204 valence electrons. The van der Waals surface area contributed by atoms with Gasteiger partial charge in [-0.2, -0.15) is 0 Å². The summed E-state index contributed by atoms with van der Waals surface area (Å²) in [7, 11) is 0. The largest absolute Gasteiger partial charge is 0.372 e. The van der Waals surface area contributed by atoms with E-state index in [1.165, 1.54) is 11.3 Å². The van der Waals surface area contributed by atoms with Gasteiger partial charge in [0, 0.05) is 18.8 Å². The molecular weight excluding hydrogens is 500 g/mol. The van der Waals surface area contributed by atoms with Crippen LogP contribution in [0.5, 0.6) is 0 Å². The molecule has 0 saturated carbocycles. The van der Waals surface area contributed by atoms with Gasteiger partial charge < -0.3 is 4.90 Å². The lowest BCUT2D eigenvalue weighted by Crippen LogP contribution is -2.77. The third-order valence-electron chi connectivity index (χ3n) is 7.92.